The summed E-state index contributed by atoms with van der Waals surface area (Å²) < 4.78 is 10.3. The Hall–Kier alpha value is -1.18. The number of carbonyl (C=O) groups is 2. The van der Waals surface area contributed by atoms with E-state index in [1.807, 2.05) is 0 Å². The van der Waals surface area contributed by atoms with Gasteiger partial charge in [-0.1, -0.05) is 0 Å². The molecular weight excluding hydrogens is 240 g/mol. The van der Waals surface area contributed by atoms with Gasteiger partial charge in [0.2, 0.25) is 5.91 Å². The van der Waals surface area contributed by atoms with Crippen molar-refractivity contribution in [2.45, 2.75) is 24.5 Å². The maximum Gasteiger partial charge on any atom is 0.334 e. The summed E-state index contributed by atoms with van der Waals surface area (Å²) in [6, 6.07) is 0. The second-order valence-electron chi connectivity index (χ2n) is 4.72. The Bertz CT molecular complexity index is 340. The van der Waals surface area contributed by atoms with Crippen LogP contribution >= 0.6 is 0 Å². The fourth-order valence-corrected chi connectivity index (χ4v) is 2.25. The highest BCUT2D eigenvalue weighted by atomic mass is 16.5. The average Bonchev–Trinajstić information content (AvgIpc) is 2.39. The van der Waals surface area contributed by atoms with Crippen LogP contribution in [0.15, 0.2) is 0 Å². The van der Waals surface area contributed by atoms with E-state index < -0.39 is 17.6 Å². The number of rotatable bonds is 2. The highest BCUT2D eigenvalue weighted by Crippen LogP contribution is 2.21. The standard InChI is InChI=1S/C11H18N2O5/c12-11(1-4-17-5-2-11)10(16)13-3-6-18-8(7-13)9(14)15/h8H,1-7,12H2,(H,14,15). The molecule has 0 aromatic rings. The van der Waals surface area contributed by atoms with Gasteiger partial charge in [-0.3, -0.25) is 4.79 Å². The largest absolute Gasteiger partial charge is 0.479 e. The molecule has 102 valence electrons. The van der Waals surface area contributed by atoms with Gasteiger partial charge < -0.3 is 25.2 Å². The first-order valence-electron chi connectivity index (χ1n) is 6.03. The van der Waals surface area contributed by atoms with Crippen LogP contribution < -0.4 is 5.73 Å². The van der Waals surface area contributed by atoms with Crippen LogP contribution in [0.3, 0.4) is 0 Å². The molecule has 18 heavy (non-hydrogen) atoms. The van der Waals surface area contributed by atoms with E-state index in [0.29, 0.717) is 32.6 Å². The number of hydrogen-bond acceptors (Lipinski definition) is 5. The van der Waals surface area contributed by atoms with Gasteiger partial charge in [-0.25, -0.2) is 4.79 Å². The molecule has 0 radical (unpaired) electrons. The molecule has 7 nitrogen and oxygen atoms in total. The molecule has 2 saturated heterocycles. The number of nitrogens with two attached hydrogens (primary N) is 1. The van der Waals surface area contributed by atoms with E-state index in [2.05, 4.69) is 0 Å². The van der Waals surface area contributed by atoms with E-state index in [0.717, 1.165) is 0 Å². The molecule has 1 unspecified atom stereocenters. The lowest BCUT2D eigenvalue weighted by atomic mass is 9.89. The Labute approximate surface area is 105 Å². The molecule has 1 atom stereocenters. The molecule has 0 bridgehead atoms. The topological polar surface area (TPSA) is 102 Å². The minimum atomic E-state index is -1.05. The molecule has 3 N–H and O–H groups in total. The number of carboxylic acids is 1. The van der Waals surface area contributed by atoms with Crippen molar-refractivity contribution >= 4 is 11.9 Å². The Morgan fingerprint density at radius 1 is 1.28 bits per heavy atom. The quantitative estimate of drug-likeness (QED) is 0.645. The number of hydrogen-bond donors (Lipinski definition) is 2. The van der Waals surface area contributed by atoms with Crippen LogP contribution in [0.2, 0.25) is 0 Å². The van der Waals surface area contributed by atoms with E-state index in [1.54, 1.807) is 0 Å². The summed E-state index contributed by atoms with van der Waals surface area (Å²) in [6.07, 6.45) is -0.00636. The van der Waals surface area contributed by atoms with Gasteiger partial charge in [-0.2, -0.15) is 0 Å². The summed E-state index contributed by atoms with van der Waals surface area (Å²) in [5.41, 5.74) is 5.18. The third kappa shape index (κ3) is 2.63. The zero-order valence-corrected chi connectivity index (χ0v) is 10.1. The highest BCUT2D eigenvalue weighted by molar-refractivity contribution is 5.87. The number of ether oxygens (including phenoxy) is 2. The molecule has 0 saturated carbocycles. The first kappa shape index (κ1) is 13.3. The summed E-state index contributed by atoms with van der Waals surface area (Å²) in [7, 11) is 0. The Morgan fingerprint density at radius 2 is 1.94 bits per heavy atom. The summed E-state index contributed by atoms with van der Waals surface area (Å²) in [5.74, 6) is -1.24. The van der Waals surface area contributed by atoms with E-state index in [1.165, 1.54) is 4.90 Å². The molecule has 2 rings (SSSR count). The van der Waals surface area contributed by atoms with Crippen molar-refractivity contribution in [1.29, 1.82) is 0 Å². The third-order valence-corrected chi connectivity index (χ3v) is 3.44. The predicted molar refractivity (Wildman–Crippen MR) is 60.9 cm³/mol. The van der Waals surface area contributed by atoms with Crippen molar-refractivity contribution in [3.8, 4) is 0 Å². The lowest BCUT2D eigenvalue weighted by molar-refractivity contribution is -0.162. The van der Waals surface area contributed by atoms with Crippen molar-refractivity contribution in [2.75, 3.05) is 32.9 Å². The molecule has 1 amide bonds. The van der Waals surface area contributed by atoms with E-state index in [-0.39, 0.29) is 19.1 Å². The number of nitrogens with zero attached hydrogens (tertiary/aromatic N) is 1. The first-order valence-corrected chi connectivity index (χ1v) is 6.03. The van der Waals surface area contributed by atoms with Crippen molar-refractivity contribution < 1.29 is 24.2 Å². The molecule has 2 aliphatic rings. The fourth-order valence-electron chi connectivity index (χ4n) is 2.25. The van der Waals surface area contributed by atoms with Gasteiger partial charge in [0.25, 0.3) is 0 Å². The maximum atomic E-state index is 12.3. The van der Waals surface area contributed by atoms with Crippen molar-refractivity contribution in [2.24, 2.45) is 5.73 Å². The van der Waals surface area contributed by atoms with Crippen LogP contribution in [0, 0.1) is 0 Å². The van der Waals surface area contributed by atoms with Gasteiger partial charge in [-0.05, 0) is 12.8 Å². The molecule has 0 aromatic heterocycles. The summed E-state index contributed by atoms with van der Waals surface area (Å²) >= 11 is 0. The predicted octanol–water partition coefficient (Wildman–Crippen LogP) is -1.19. The highest BCUT2D eigenvalue weighted by Gasteiger charge is 2.41. The number of amides is 1. The molecule has 2 heterocycles. The van der Waals surface area contributed by atoms with Gasteiger partial charge in [-0.15, -0.1) is 0 Å². The van der Waals surface area contributed by atoms with Crippen LogP contribution in [0.5, 0.6) is 0 Å². The zero-order chi connectivity index (χ0) is 13.2. The molecule has 0 spiro atoms. The van der Waals surface area contributed by atoms with Crippen LogP contribution in [0.1, 0.15) is 12.8 Å². The van der Waals surface area contributed by atoms with Crippen LogP contribution in [0.4, 0.5) is 0 Å². The number of carbonyl (C=O) groups excluding carboxylic acids is 1. The third-order valence-electron chi connectivity index (χ3n) is 3.44. The minimum absolute atomic E-state index is 0.0635. The van der Waals surface area contributed by atoms with Crippen LogP contribution in [-0.4, -0.2) is 66.4 Å². The zero-order valence-electron chi connectivity index (χ0n) is 10.1. The van der Waals surface area contributed by atoms with E-state index in [9.17, 15) is 9.59 Å². The molecule has 7 heteroatoms. The maximum absolute atomic E-state index is 12.3. The Balaban J connectivity index is 2.01. The number of aliphatic carboxylic acids is 1. The van der Waals surface area contributed by atoms with Crippen LogP contribution in [0.25, 0.3) is 0 Å². The smallest absolute Gasteiger partial charge is 0.334 e. The lowest BCUT2D eigenvalue weighted by Gasteiger charge is -2.39. The molecule has 2 fully saturated rings. The lowest BCUT2D eigenvalue weighted by Crippen LogP contribution is -2.61. The van der Waals surface area contributed by atoms with Crippen molar-refractivity contribution in [3.05, 3.63) is 0 Å². The molecule has 0 aliphatic carbocycles. The van der Waals surface area contributed by atoms with Gasteiger partial charge in [0, 0.05) is 19.8 Å². The summed E-state index contributed by atoms with van der Waals surface area (Å²) in [6.45, 7) is 1.62. The first-order chi connectivity index (χ1) is 8.53. The fraction of sp³-hybridized carbons (Fsp3) is 0.818. The second kappa shape index (κ2) is 5.21. The normalized spacial score (nSPS) is 27.8. The molecule has 0 aromatic carbocycles. The Kier molecular flexibility index (Phi) is 3.84. The SMILES string of the molecule is NC1(C(=O)N2CCOC(C(=O)O)C2)CCOCC1. The van der Waals surface area contributed by atoms with Crippen molar-refractivity contribution in [3.63, 3.8) is 0 Å². The Morgan fingerprint density at radius 3 is 2.56 bits per heavy atom. The van der Waals surface area contributed by atoms with Gasteiger partial charge >= 0.3 is 5.97 Å². The van der Waals surface area contributed by atoms with E-state index in [4.69, 9.17) is 20.3 Å². The van der Waals surface area contributed by atoms with Gasteiger partial charge in [0.05, 0.1) is 18.7 Å². The molecule has 2 aliphatic heterocycles. The van der Waals surface area contributed by atoms with E-state index >= 15 is 0 Å². The second-order valence-corrected chi connectivity index (χ2v) is 4.72. The van der Waals surface area contributed by atoms with Gasteiger partial charge in [0.1, 0.15) is 0 Å². The van der Waals surface area contributed by atoms with Gasteiger partial charge in [0.15, 0.2) is 6.10 Å². The van der Waals surface area contributed by atoms with Crippen LogP contribution in [-0.2, 0) is 19.1 Å². The molecular formula is C11H18N2O5. The number of carboxylic acid groups (broad SMARTS) is 1. The monoisotopic (exact) mass is 258 g/mol. The summed E-state index contributed by atoms with van der Waals surface area (Å²) in [4.78, 5) is 24.7. The number of morpholine rings is 1. The van der Waals surface area contributed by atoms with Crippen molar-refractivity contribution in [1.82, 2.24) is 4.90 Å². The summed E-state index contributed by atoms with van der Waals surface area (Å²) in [5, 5.41) is 8.90. The minimum Gasteiger partial charge on any atom is -0.479 e. The average molecular weight is 258 g/mol.